The van der Waals surface area contributed by atoms with Crippen LogP contribution in [0.15, 0.2) is 23.7 Å². The Labute approximate surface area is 146 Å². The second-order valence-electron chi connectivity index (χ2n) is 6.64. The number of likely N-dealkylation sites (tertiary alicyclic amines) is 1. The van der Waals surface area contributed by atoms with Crippen LogP contribution in [0.25, 0.3) is 0 Å². The number of likely N-dealkylation sites (N-methyl/N-ethyl adjacent to an activating group) is 1. The molecule has 1 saturated heterocycles. The molecule has 1 N–H and O–H groups in total. The van der Waals surface area contributed by atoms with E-state index in [9.17, 15) is 9.18 Å². The van der Waals surface area contributed by atoms with Crippen LogP contribution in [0.5, 0.6) is 0 Å². The number of alkyl halides is 1. The van der Waals surface area contributed by atoms with Gasteiger partial charge in [-0.3, -0.25) is 4.90 Å². The number of nitrogens with one attached hydrogen (secondary N) is 1. The van der Waals surface area contributed by atoms with Crippen LogP contribution >= 0.6 is 11.3 Å². The molecule has 1 aliphatic heterocycles. The third-order valence-electron chi connectivity index (χ3n) is 4.69. The monoisotopic (exact) mass is 352 g/mol. The van der Waals surface area contributed by atoms with Gasteiger partial charge in [-0.15, -0.1) is 11.3 Å². The van der Waals surface area contributed by atoms with E-state index in [1.54, 1.807) is 29.5 Å². The van der Waals surface area contributed by atoms with Gasteiger partial charge in [0.15, 0.2) is 0 Å². The number of hydrogen-bond donors (Lipinski definition) is 1. The van der Waals surface area contributed by atoms with Crippen molar-refractivity contribution in [1.82, 2.24) is 20.1 Å². The summed E-state index contributed by atoms with van der Waals surface area (Å²) in [6.45, 7) is 1.61. The summed E-state index contributed by atoms with van der Waals surface area (Å²) in [5, 5.41) is 5.97. The normalized spacial score (nSPS) is 27.3. The van der Waals surface area contributed by atoms with Crippen LogP contribution in [0.3, 0.4) is 0 Å². The number of thiazole rings is 1. The molecule has 2 heterocycles. The van der Waals surface area contributed by atoms with Crippen LogP contribution in [-0.4, -0.2) is 59.2 Å². The standard InChI is InChI=1S/C17H25FN4OS/c1-21(17(23)20-14-5-3-2-4-6-14)11-15-9-13(18)10-22(15)12-16-19-7-8-24-16/h3,5,7-8,13-15H,2,4,6,9-12H2,1H3,(H,20,23)/t13-,14+,15-/m0/s1. The molecule has 2 aliphatic rings. The molecule has 2 amide bonds. The predicted molar refractivity (Wildman–Crippen MR) is 93.8 cm³/mol. The van der Waals surface area contributed by atoms with Crippen LogP contribution in [-0.2, 0) is 6.54 Å². The third kappa shape index (κ3) is 4.54. The summed E-state index contributed by atoms with van der Waals surface area (Å²) in [4.78, 5) is 20.4. The summed E-state index contributed by atoms with van der Waals surface area (Å²) in [6, 6.07) is 0.0854. The minimum atomic E-state index is -0.826. The average molecular weight is 352 g/mol. The number of amides is 2. The number of carbonyl (C=O) groups excluding carboxylic acids is 1. The van der Waals surface area contributed by atoms with Gasteiger partial charge < -0.3 is 10.2 Å². The third-order valence-corrected chi connectivity index (χ3v) is 5.46. The number of hydrogen-bond acceptors (Lipinski definition) is 4. The molecule has 3 rings (SSSR count). The zero-order chi connectivity index (χ0) is 16.9. The SMILES string of the molecule is CN(C[C@@H]1C[C@H](F)CN1Cc1nccs1)C(=O)N[C@@H]1C=CCCC1. The molecule has 0 saturated carbocycles. The lowest BCUT2D eigenvalue weighted by molar-refractivity contribution is 0.172. The second-order valence-corrected chi connectivity index (χ2v) is 7.62. The zero-order valence-corrected chi connectivity index (χ0v) is 14.8. The second kappa shape index (κ2) is 8.07. The number of halogens is 1. The summed E-state index contributed by atoms with van der Waals surface area (Å²) >= 11 is 1.59. The molecule has 1 aromatic heterocycles. The Morgan fingerprint density at radius 3 is 3.17 bits per heavy atom. The van der Waals surface area contributed by atoms with Gasteiger partial charge in [-0.2, -0.15) is 0 Å². The lowest BCUT2D eigenvalue weighted by Crippen LogP contribution is -2.47. The van der Waals surface area contributed by atoms with E-state index in [2.05, 4.69) is 27.4 Å². The molecule has 0 unspecified atom stereocenters. The van der Waals surface area contributed by atoms with Crippen molar-refractivity contribution in [3.8, 4) is 0 Å². The minimum absolute atomic E-state index is 0.0431. The van der Waals surface area contributed by atoms with Gasteiger partial charge in [0.2, 0.25) is 0 Å². The molecule has 0 aromatic carbocycles. The molecule has 0 spiro atoms. The van der Waals surface area contributed by atoms with Crippen LogP contribution in [0.4, 0.5) is 9.18 Å². The number of allylic oxidation sites excluding steroid dienone is 1. The topological polar surface area (TPSA) is 48.5 Å². The molecule has 0 bridgehead atoms. The van der Waals surface area contributed by atoms with Crippen molar-refractivity contribution < 1.29 is 9.18 Å². The van der Waals surface area contributed by atoms with Crippen LogP contribution in [0.1, 0.15) is 30.7 Å². The van der Waals surface area contributed by atoms with Crippen LogP contribution in [0.2, 0.25) is 0 Å². The van der Waals surface area contributed by atoms with Gasteiger partial charge in [0.05, 0.1) is 6.54 Å². The first-order valence-corrected chi connectivity index (χ1v) is 9.44. The molecule has 5 nitrogen and oxygen atoms in total. The van der Waals surface area contributed by atoms with E-state index in [-0.39, 0.29) is 18.1 Å². The molecule has 3 atom stereocenters. The highest BCUT2D eigenvalue weighted by Crippen LogP contribution is 2.24. The first-order chi connectivity index (χ1) is 11.6. The average Bonchev–Trinajstić information content (AvgIpc) is 3.19. The Hall–Kier alpha value is -1.47. The largest absolute Gasteiger partial charge is 0.332 e. The molecule has 24 heavy (non-hydrogen) atoms. The van der Waals surface area contributed by atoms with Gasteiger partial charge in [-0.1, -0.05) is 12.2 Å². The van der Waals surface area contributed by atoms with Crippen molar-refractivity contribution in [3.63, 3.8) is 0 Å². The van der Waals surface area contributed by atoms with Gasteiger partial charge >= 0.3 is 6.03 Å². The quantitative estimate of drug-likeness (QED) is 0.829. The van der Waals surface area contributed by atoms with Crippen molar-refractivity contribution in [2.24, 2.45) is 0 Å². The summed E-state index contributed by atoms with van der Waals surface area (Å²) in [5.41, 5.74) is 0. The van der Waals surface area contributed by atoms with E-state index in [4.69, 9.17) is 0 Å². The number of aromatic nitrogens is 1. The Bertz CT molecular complexity index is 565. The molecule has 0 radical (unpaired) electrons. The summed E-state index contributed by atoms with van der Waals surface area (Å²) in [6.07, 6.45) is 8.80. The molecular formula is C17H25FN4OS. The number of carbonyl (C=O) groups is 1. The van der Waals surface area contributed by atoms with Crippen molar-refractivity contribution in [3.05, 3.63) is 28.7 Å². The summed E-state index contributed by atoms with van der Waals surface area (Å²) in [7, 11) is 1.79. The Balaban J connectivity index is 1.53. The molecule has 1 fully saturated rings. The van der Waals surface area contributed by atoms with Crippen LogP contribution in [0, 0.1) is 0 Å². The zero-order valence-electron chi connectivity index (χ0n) is 14.0. The van der Waals surface area contributed by atoms with Crippen LogP contribution < -0.4 is 5.32 Å². The molecule has 7 heteroatoms. The predicted octanol–water partition coefficient (Wildman–Crippen LogP) is 2.81. The maximum absolute atomic E-state index is 13.9. The first-order valence-electron chi connectivity index (χ1n) is 8.56. The van der Waals surface area contributed by atoms with Gasteiger partial charge in [0.25, 0.3) is 0 Å². The minimum Gasteiger partial charge on any atom is -0.332 e. The smallest absolute Gasteiger partial charge is 0.317 e. The fourth-order valence-electron chi connectivity index (χ4n) is 3.41. The summed E-state index contributed by atoms with van der Waals surface area (Å²) in [5.74, 6) is 0. The maximum Gasteiger partial charge on any atom is 0.317 e. The Morgan fingerprint density at radius 1 is 1.58 bits per heavy atom. The number of nitrogens with zero attached hydrogens (tertiary/aromatic N) is 3. The highest BCUT2D eigenvalue weighted by atomic mass is 32.1. The fraction of sp³-hybridized carbons (Fsp3) is 0.647. The van der Waals surface area contributed by atoms with Crippen molar-refractivity contribution >= 4 is 17.4 Å². The van der Waals surface area contributed by atoms with E-state index in [1.807, 2.05) is 5.38 Å². The van der Waals surface area contributed by atoms with E-state index in [1.165, 1.54) is 0 Å². The van der Waals surface area contributed by atoms with Gasteiger partial charge in [0, 0.05) is 43.8 Å². The molecule has 1 aromatic rings. The van der Waals surface area contributed by atoms with Crippen molar-refractivity contribution in [2.45, 2.75) is 50.5 Å². The highest BCUT2D eigenvalue weighted by Gasteiger charge is 2.34. The van der Waals surface area contributed by atoms with E-state index < -0.39 is 6.17 Å². The van der Waals surface area contributed by atoms with E-state index in [0.717, 1.165) is 24.3 Å². The van der Waals surface area contributed by atoms with Gasteiger partial charge in [0.1, 0.15) is 11.2 Å². The number of rotatable bonds is 5. The molecular weight excluding hydrogens is 327 g/mol. The van der Waals surface area contributed by atoms with Gasteiger partial charge in [-0.05, 0) is 25.7 Å². The van der Waals surface area contributed by atoms with Crippen molar-refractivity contribution in [1.29, 1.82) is 0 Å². The maximum atomic E-state index is 13.9. The summed E-state index contributed by atoms with van der Waals surface area (Å²) < 4.78 is 13.9. The number of urea groups is 1. The van der Waals surface area contributed by atoms with Crippen molar-refractivity contribution in [2.75, 3.05) is 20.1 Å². The highest BCUT2D eigenvalue weighted by molar-refractivity contribution is 7.09. The first kappa shape index (κ1) is 17.4. The van der Waals surface area contributed by atoms with E-state index >= 15 is 0 Å². The lowest BCUT2D eigenvalue weighted by Gasteiger charge is -2.29. The Kier molecular flexibility index (Phi) is 5.84. The van der Waals surface area contributed by atoms with E-state index in [0.29, 0.717) is 26.1 Å². The Morgan fingerprint density at radius 2 is 2.46 bits per heavy atom. The molecule has 132 valence electrons. The lowest BCUT2D eigenvalue weighted by atomic mass is 10.0. The fourth-order valence-corrected chi connectivity index (χ4v) is 4.05. The van der Waals surface area contributed by atoms with Gasteiger partial charge in [-0.25, -0.2) is 14.2 Å². The molecule has 1 aliphatic carbocycles.